The molecule has 8 heteroatoms. The molecular weight excluding hydrogens is 392 g/mol. The van der Waals surface area contributed by atoms with Gasteiger partial charge >= 0.3 is 0 Å². The third kappa shape index (κ3) is 4.85. The minimum atomic E-state index is -0.947. The Morgan fingerprint density at radius 2 is 2.13 bits per heavy atom. The van der Waals surface area contributed by atoms with Crippen LogP contribution in [-0.4, -0.2) is 67.7 Å². The summed E-state index contributed by atoms with van der Waals surface area (Å²) in [6.45, 7) is 1.59. The highest BCUT2D eigenvalue weighted by molar-refractivity contribution is 5.76. The number of fused-ring (bicyclic) bond motifs is 1. The molecule has 1 unspecified atom stereocenters. The highest BCUT2D eigenvalue weighted by atomic mass is 16.3. The van der Waals surface area contributed by atoms with Gasteiger partial charge in [0.2, 0.25) is 5.91 Å². The number of nitrogens with zero attached hydrogens (tertiary/aromatic N) is 6. The van der Waals surface area contributed by atoms with Gasteiger partial charge < -0.3 is 19.5 Å². The molecule has 0 saturated carbocycles. The van der Waals surface area contributed by atoms with E-state index in [2.05, 4.69) is 25.6 Å². The quantitative estimate of drug-likeness (QED) is 0.628. The molecule has 31 heavy (non-hydrogen) atoms. The van der Waals surface area contributed by atoms with E-state index < -0.39 is 5.60 Å². The molecule has 3 heterocycles. The van der Waals surface area contributed by atoms with Crippen LogP contribution in [0.5, 0.6) is 0 Å². The Balaban J connectivity index is 1.30. The lowest BCUT2D eigenvalue weighted by Crippen LogP contribution is -2.54. The SMILES string of the molecule is CN(CC1(O)CCCN(c2cnccn2)C1)C(=O)CCCc1nc2ccccc2n1C. The van der Waals surface area contributed by atoms with Crippen molar-refractivity contribution >= 4 is 22.8 Å². The second-order valence-corrected chi connectivity index (χ2v) is 8.49. The number of carbonyl (C=O) groups is 1. The Hall–Kier alpha value is -3.00. The monoisotopic (exact) mass is 422 g/mol. The van der Waals surface area contributed by atoms with Crippen molar-refractivity contribution in [1.29, 1.82) is 0 Å². The lowest BCUT2D eigenvalue weighted by molar-refractivity contribution is -0.133. The molecule has 8 nitrogen and oxygen atoms in total. The van der Waals surface area contributed by atoms with Gasteiger partial charge in [-0.2, -0.15) is 0 Å². The van der Waals surface area contributed by atoms with E-state index >= 15 is 0 Å². The Bertz CT molecular complexity index is 1040. The standard InChI is InChI=1S/C23H30N6O2/c1-27(16-23(31)11-6-14-29(17-23)21-15-24-12-13-25-21)22(30)10-5-9-20-26-18-7-3-4-8-19(18)28(20)2/h3-4,7-8,12-13,15,31H,5-6,9-11,14,16-17H2,1-2H3. The van der Waals surface area contributed by atoms with Gasteiger partial charge in [-0.25, -0.2) is 9.97 Å². The molecule has 0 radical (unpaired) electrons. The zero-order valence-corrected chi connectivity index (χ0v) is 18.2. The number of para-hydroxylation sites is 2. The van der Waals surface area contributed by atoms with Gasteiger partial charge in [0.15, 0.2) is 0 Å². The first-order valence-corrected chi connectivity index (χ1v) is 10.8. The van der Waals surface area contributed by atoms with Gasteiger partial charge in [0.25, 0.3) is 0 Å². The van der Waals surface area contributed by atoms with Gasteiger partial charge in [0.05, 0.1) is 29.4 Å². The predicted octanol–water partition coefficient (Wildman–Crippen LogP) is 2.18. The van der Waals surface area contributed by atoms with Crippen LogP contribution >= 0.6 is 0 Å². The molecule has 1 saturated heterocycles. The zero-order chi connectivity index (χ0) is 21.8. The third-order valence-electron chi connectivity index (χ3n) is 6.06. The van der Waals surface area contributed by atoms with Crippen LogP contribution in [0.2, 0.25) is 0 Å². The molecule has 1 aliphatic heterocycles. The number of piperidine rings is 1. The van der Waals surface area contributed by atoms with Crippen molar-refractivity contribution in [2.24, 2.45) is 7.05 Å². The molecule has 0 spiro atoms. The van der Waals surface area contributed by atoms with Crippen LogP contribution < -0.4 is 4.90 Å². The van der Waals surface area contributed by atoms with Gasteiger partial charge in [-0.05, 0) is 31.4 Å². The Labute approximate surface area is 182 Å². The zero-order valence-electron chi connectivity index (χ0n) is 18.2. The lowest BCUT2D eigenvalue weighted by atomic mass is 9.92. The van der Waals surface area contributed by atoms with Gasteiger partial charge in [0, 0.05) is 52.4 Å². The van der Waals surface area contributed by atoms with Crippen LogP contribution in [0, 0.1) is 0 Å². The molecule has 1 aromatic carbocycles. The number of benzene rings is 1. The number of aromatic nitrogens is 4. The Morgan fingerprint density at radius 1 is 1.29 bits per heavy atom. The average Bonchev–Trinajstić information content (AvgIpc) is 3.10. The summed E-state index contributed by atoms with van der Waals surface area (Å²) in [7, 11) is 3.79. The minimum Gasteiger partial charge on any atom is -0.386 e. The molecule has 164 valence electrons. The third-order valence-corrected chi connectivity index (χ3v) is 6.06. The molecule has 2 aromatic heterocycles. The van der Waals surface area contributed by atoms with Crippen molar-refractivity contribution in [1.82, 2.24) is 24.4 Å². The second-order valence-electron chi connectivity index (χ2n) is 8.49. The fourth-order valence-corrected chi connectivity index (χ4v) is 4.43. The van der Waals surface area contributed by atoms with Crippen molar-refractivity contribution in [2.45, 2.75) is 37.7 Å². The lowest BCUT2D eigenvalue weighted by Gasteiger charge is -2.41. The summed E-state index contributed by atoms with van der Waals surface area (Å²) in [4.78, 5) is 29.5. The van der Waals surface area contributed by atoms with Crippen molar-refractivity contribution in [3.05, 3.63) is 48.7 Å². The number of imidazole rings is 1. The summed E-state index contributed by atoms with van der Waals surface area (Å²) in [5.41, 5.74) is 1.14. The minimum absolute atomic E-state index is 0.0452. The number of anilines is 1. The van der Waals surface area contributed by atoms with Crippen LogP contribution in [0.4, 0.5) is 5.82 Å². The van der Waals surface area contributed by atoms with Gasteiger partial charge in [-0.15, -0.1) is 0 Å². The van der Waals surface area contributed by atoms with Gasteiger partial charge in [-0.1, -0.05) is 12.1 Å². The molecule has 1 N–H and O–H groups in total. The molecule has 1 amide bonds. The van der Waals surface area contributed by atoms with Crippen LogP contribution in [-0.2, 0) is 18.3 Å². The molecule has 4 rings (SSSR count). The fraction of sp³-hybridized carbons (Fsp3) is 0.478. The van der Waals surface area contributed by atoms with Crippen molar-refractivity contribution in [2.75, 3.05) is 31.6 Å². The van der Waals surface area contributed by atoms with Crippen LogP contribution in [0.15, 0.2) is 42.9 Å². The highest BCUT2D eigenvalue weighted by Gasteiger charge is 2.35. The molecule has 0 bridgehead atoms. The van der Waals surface area contributed by atoms with Gasteiger partial charge in [-0.3, -0.25) is 9.78 Å². The number of aryl methyl sites for hydroxylation is 2. The smallest absolute Gasteiger partial charge is 0.222 e. The molecule has 1 atom stereocenters. The Morgan fingerprint density at radius 3 is 2.90 bits per heavy atom. The molecular formula is C23H30N6O2. The normalized spacial score (nSPS) is 19.0. The van der Waals surface area contributed by atoms with E-state index in [1.807, 2.05) is 30.1 Å². The number of amides is 1. The topological polar surface area (TPSA) is 87.4 Å². The van der Waals surface area contributed by atoms with E-state index in [0.29, 0.717) is 25.9 Å². The number of hydrogen-bond donors (Lipinski definition) is 1. The summed E-state index contributed by atoms with van der Waals surface area (Å²) in [6.07, 6.45) is 8.43. The Kier molecular flexibility index (Phi) is 6.18. The predicted molar refractivity (Wildman–Crippen MR) is 120 cm³/mol. The molecule has 1 fully saturated rings. The highest BCUT2D eigenvalue weighted by Crippen LogP contribution is 2.25. The largest absolute Gasteiger partial charge is 0.386 e. The molecule has 0 aliphatic carbocycles. The molecule has 1 aliphatic rings. The summed E-state index contributed by atoms with van der Waals surface area (Å²) in [6, 6.07) is 8.06. The summed E-state index contributed by atoms with van der Waals surface area (Å²) in [5, 5.41) is 11.1. The number of aliphatic hydroxyl groups is 1. The maximum absolute atomic E-state index is 12.7. The summed E-state index contributed by atoms with van der Waals surface area (Å²) >= 11 is 0. The van der Waals surface area contributed by atoms with E-state index in [4.69, 9.17) is 0 Å². The van der Waals surface area contributed by atoms with E-state index in [1.165, 1.54) is 0 Å². The van der Waals surface area contributed by atoms with E-state index in [0.717, 1.165) is 48.5 Å². The summed E-state index contributed by atoms with van der Waals surface area (Å²) < 4.78 is 2.09. The number of carbonyl (C=O) groups excluding carboxylic acids is 1. The van der Waals surface area contributed by atoms with E-state index in [9.17, 15) is 9.90 Å². The number of β-amino-alcohol motifs (C(OH)–C–C–N with tert-alkyl or cyclic N) is 1. The van der Waals surface area contributed by atoms with Crippen LogP contribution in [0.25, 0.3) is 11.0 Å². The van der Waals surface area contributed by atoms with Crippen molar-refractivity contribution in [3.8, 4) is 0 Å². The first-order valence-electron chi connectivity index (χ1n) is 10.8. The average molecular weight is 423 g/mol. The number of likely N-dealkylation sites (N-methyl/N-ethyl adjacent to an activating group) is 1. The van der Waals surface area contributed by atoms with Crippen LogP contribution in [0.3, 0.4) is 0 Å². The van der Waals surface area contributed by atoms with E-state index in [-0.39, 0.29) is 5.91 Å². The number of hydrogen-bond acceptors (Lipinski definition) is 6. The van der Waals surface area contributed by atoms with Gasteiger partial charge in [0.1, 0.15) is 11.6 Å². The number of rotatable bonds is 7. The first-order chi connectivity index (χ1) is 15.0. The van der Waals surface area contributed by atoms with Crippen molar-refractivity contribution < 1.29 is 9.90 Å². The second kappa shape index (κ2) is 9.01. The maximum Gasteiger partial charge on any atom is 0.222 e. The summed E-state index contributed by atoms with van der Waals surface area (Å²) in [5.74, 6) is 1.79. The van der Waals surface area contributed by atoms with E-state index in [1.54, 1.807) is 30.5 Å². The first kappa shape index (κ1) is 21.2. The fourth-order valence-electron chi connectivity index (χ4n) is 4.43. The maximum atomic E-state index is 12.7. The molecule has 3 aromatic rings. The van der Waals surface area contributed by atoms with Crippen LogP contribution in [0.1, 0.15) is 31.5 Å². The van der Waals surface area contributed by atoms with Crippen molar-refractivity contribution in [3.63, 3.8) is 0 Å².